The van der Waals surface area contributed by atoms with E-state index in [1.807, 2.05) is 60.7 Å². The van der Waals surface area contributed by atoms with Gasteiger partial charge in [0.2, 0.25) is 5.91 Å². The summed E-state index contributed by atoms with van der Waals surface area (Å²) in [5, 5.41) is 5.75. The third kappa shape index (κ3) is 3.73. The van der Waals surface area contributed by atoms with Crippen LogP contribution in [0.4, 0.5) is 5.69 Å². The van der Waals surface area contributed by atoms with Crippen LogP contribution in [0.5, 0.6) is 0 Å². The predicted molar refractivity (Wildman–Crippen MR) is 113 cm³/mol. The lowest BCUT2D eigenvalue weighted by Crippen LogP contribution is -2.30. The van der Waals surface area contributed by atoms with Gasteiger partial charge in [-0.3, -0.25) is 9.59 Å². The first-order valence-electron chi connectivity index (χ1n) is 9.48. The second kappa shape index (κ2) is 8.03. The Morgan fingerprint density at radius 3 is 2.54 bits per heavy atom. The molecular weight excluding hydrogens is 372 g/mol. The summed E-state index contributed by atoms with van der Waals surface area (Å²) in [4.78, 5) is 26.6. The first-order chi connectivity index (χ1) is 13.6. The van der Waals surface area contributed by atoms with Crippen LogP contribution in [-0.4, -0.2) is 24.9 Å². The molecule has 0 aromatic heterocycles. The van der Waals surface area contributed by atoms with Crippen LogP contribution in [0.2, 0.25) is 5.02 Å². The Morgan fingerprint density at radius 2 is 1.75 bits per heavy atom. The monoisotopic (exact) mass is 392 g/mol. The molecule has 5 heteroatoms. The summed E-state index contributed by atoms with van der Waals surface area (Å²) in [5.74, 6) is 0.0336. The number of hydrogen-bond acceptors (Lipinski definition) is 2. The molecule has 0 saturated heterocycles. The molecular formula is C23H21ClN2O2. The van der Waals surface area contributed by atoms with E-state index in [0.717, 1.165) is 34.0 Å². The number of nitrogens with zero attached hydrogens (tertiary/aromatic N) is 1. The van der Waals surface area contributed by atoms with E-state index in [4.69, 9.17) is 11.6 Å². The van der Waals surface area contributed by atoms with Gasteiger partial charge in [-0.2, -0.15) is 0 Å². The highest BCUT2D eigenvalue weighted by Gasteiger charge is 2.28. The molecule has 0 unspecified atom stereocenters. The Hall–Kier alpha value is -2.85. The van der Waals surface area contributed by atoms with E-state index in [-0.39, 0.29) is 11.8 Å². The maximum atomic E-state index is 12.7. The molecule has 0 bridgehead atoms. The normalized spacial score (nSPS) is 12.6. The molecule has 0 fully saturated rings. The van der Waals surface area contributed by atoms with E-state index in [1.165, 1.54) is 0 Å². The molecule has 0 radical (unpaired) electrons. The molecule has 1 heterocycles. The van der Waals surface area contributed by atoms with E-state index in [0.29, 0.717) is 31.0 Å². The molecule has 1 aliphatic rings. The van der Waals surface area contributed by atoms with E-state index in [1.54, 1.807) is 4.90 Å². The van der Waals surface area contributed by atoms with Gasteiger partial charge in [-0.05, 0) is 48.1 Å². The zero-order chi connectivity index (χ0) is 19.5. The van der Waals surface area contributed by atoms with Gasteiger partial charge in [0.1, 0.15) is 0 Å². The maximum absolute atomic E-state index is 12.7. The minimum atomic E-state index is 0.0105. The van der Waals surface area contributed by atoms with E-state index in [2.05, 4.69) is 5.32 Å². The van der Waals surface area contributed by atoms with Crippen molar-refractivity contribution in [3.05, 3.63) is 76.8 Å². The molecule has 0 spiro atoms. The quantitative estimate of drug-likeness (QED) is 0.639. The van der Waals surface area contributed by atoms with Crippen molar-refractivity contribution in [3.8, 4) is 0 Å². The molecule has 142 valence electrons. The Kier molecular flexibility index (Phi) is 5.31. The molecule has 0 atom stereocenters. The number of rotatable bonds is 7. The molecule has 4 rings (SSSR count). The van der Waals surface area contributed by atoms with Gasteiger partial charge in [-0.25, -0.2) is 0 Å². The number of amides is 2. The molecule has 0 saturated carbocycles. The fraction of sp³-hybridized carbons (Fsp3) is 0.217. The molecule has 0 aliphatic carbocycles. The average Bonchev–Trinajstić information content (AvgIpc) is 2.98. The van der Waals surface area contributed by atoms with Crippen LogP contribution in [0.25, 0.3) is 10.8 Å². The molecule has 28 heavy (non-hydrogen) atoms. The molecule has 1 N–H and O–H groups in total. The highest BCUT2D eigenvalue weighted by Crippen LogP contribution is 2.37. The van der Waals surface area contributed by atoms with Crippen molar-refractivity contribution in [2.75, 3.05) is 18.0 Å². The van der Waals surface area contributed by atoms with Crippen LogP contribution in [0.1, 0.15) is 28.8 Å². The third-order valence-corrected chi connectivity index (χ3v) is 5.34. The van der Waals surface area contributed by atoms with Crippen LogP contribution in [0.15, 0.2) is 60.7 Å². The van der Waals surface area contributed by atoms with Gasteiger partial charge in [-0.15, -0.1) is 0 Å². The Morgan fingerprint density at radius 1 is 1.00 bits per heavy atom. The van der Waals surface area contributed by atoms with Crippen molar-refractivity contribution in [2.45, 2.75) is 19.3 Å². The standard InChI is InChI=1S/C23H21ClN2O2/c24-18-11-9-16(10-12-18)13-14-25-21(27)8-3-15-26-20-7-2-5-17-4-1-6-19(22(17)20)23(26)28/h1-2,4-7,9-12H,3,8,13-15H2,(H,25,27). The molecule has 2 amide bonds. The highest BCUT2D eigenvalue weighted by molar-refractivity contribution is 6.30. The smallest absolute Gasteiger partial charge is 0.258 e. The van der Waals surface area contributed by atoms with Gasteiger partial charge in [0.05, 0.1) is 5.69 Å². The zero-order valence-corrected chi connectivity index (χ0v) is 16.2. The zero-order valence-electron chi connectivity index (χ0n) is 15.5. The second-order valence-electron chi connectivity index (χ2n) is 6.97. The first kappa shape index (κ1) is 18.5. The van der Waals surface area contributed by atoms with Gasteiger partial charge >= 0.3 is 0 Å². The molecule has 4 nitrogen and oxygen atoms in total. The number of anilines is 1. The fourth-order valence-electron chi connectivity index (χ4n) is 3.68. The average molecular weight is 393 g/mol. The number of nitrogens with one attached hydrogen (secondary N) is 1. The van der Waals surface area contributed by atoms with E-state index < -0.39 is 0 Å². The summed E-state index contributed by atoms with van der Waals surface area (Å²) in [6.45, 7) is 1.13. The van der Waals surface area contributed by atoms with E-state index >= 15 is 0 Å². The van der Waals surface area contributed by atoms with Crippen molar-refractivity contribution >= 4 is 39.9 Å². The molecule has 1 aliphatic heterocycles. The van der Waals surface area contributed by atoms with Crippen LogP contribution in [-0.2, 0) is 11.2 Å². The highest BCUT2D eigenvalue weighted by atomic mass is 35.5. The summed E-state index contributed by atoms with van der Waals surface area (Å²) in [7, 11) is 0. The van der Waals surface area contributed by atoms with E-state index in [9.17, 15) is 9.59 Å². The first-order valence-corrected chi connectivity index (χ1v) is 9.86. The van der Waals surface area contributed by atoms with Crippen LogP contribution in [0, 0.1) is 0 Å². The van der Waals surface area contributed by atoms with Gasteiger partial charge in [0, 0.05) is 35.5 Å². The SMILES string of the molecule is O=C(CCCN1C(=O)c2cccc3cccc1c23)NCCc1ccc(Cl)cc1. The largest absolute Gasteiger partial charge is 0.356 e. The Bertz CT molecular complexity index is 1030. The number of hydrogen-bond donors (Lipinski definition) is 1. The van der Waals surface area contributed by atoms with Gasteiger partial charge < -0.3 is 10.2 Å². The molecule has 3 aromatic carbocycles. The van der Waals surface area contributed by atoms with Crippen molar-refractivity contribution in [1.82, 2.24) is 5.32 Å². The van der Waals surface area contributed by atoms with Crippen molar-refractivity contribution < 1.29 is 9.59 Å². The number of benzene rings is 3. The van der Waals surface area contributed by atoms with Crippen LogP contribution < -0.4 is 10.2 Å². The number of halogens is 1. The van der Waals surface area contributed by atoms with Gasteiger partial charge in [0.15, 0.2) is 0 Å². The van der Waals surface area contributed by atoms with Crippen molar-refractivity contribution in [2.24, 2.45) is 0 Å². The Labute approximate surface area is 169 Å². The summed E-state index contributed by atoms with van der Waals surface area (Å²) >= 11 is 5.87. The van der Waals surface area contributed by atoms with Crippen LogP contribution >= 0.6 is 11.6 Å². The van der Waals surface area contributed by atoms with Gasteiger partial charge in [-0.1, -0.05) is 48.0 Å². The fourth-order valence-corrected chi connectivity index (χ4v) is 3.81. The minimum Gasteiger partial charge on any atom is -0.356 e. The lowest BCUT2D eigenvalue weighted by Gasteiger charge is -2.17. The second-order valence-corrected chi connectivity index (χ2v) is 7.40. The van der Waals surface area contributed by atoms with Gasteiger partial charge in [0.25, 0.3) is 5.91 Å². The lowest BCUT2D eigenvalue weighted by molar-refractivity contribution is -0.121. The number of carbonyl (C=O) groups excluding carboxylic acids is 2. The van der Waals surface area contributed by atoms with Crippen molar-refractivity contribution in [3.63, 3.8) is 0 Å². The van der Waals surface area contributed by atoms with Crippen LogP contribution in [0.3, 0.4) is 0 Å². The molecule has 3 aromatic rings. The maximum Gasteiger partial charge on any atom is 0.258 e. The Balaban J connectivity index is 1.27. The summed E-state index contributed by atoms with van der Waals surface area (Å²) < 4.78 is 0. The predicted octanol–water partition coefficient (Wildman–Crippen LogP) is 4.59. The lowest BCUT2D eigenvalue weighted by atomic mass is 10.1. The minimum absolute atomic E-state index is 0.0105. The topological polar surface area (TPSA) is 49.4 Å². The third-order valence-electron chi connectivity index (χ3n) is 5.08. The summed E-state index contributed by atoms with van der Waals surface area (Å²) in [5.41, 5.74) is 2.83. The summed E-state index contributed by atoms with van der Waals surface area (Å²) in [6.07, 6.45) is 1.80. The van der Waals surface area contributed by atoms with Crippen molar-refractivity contribution in [1.29, 1.82) is 0 Å². The summed E-state index contributed by atoms with van der Waals surface area (Å²) in [6, 6.07) is 19.4. The number of carbonyl (C=O) groups is 2.